The summed E-state index contributed by atoms with van der Waals surface area (Å²) < 4.78 is 0. The molecule has 0 fully saturated rings. The van der Waals surface area contributed by atoms with Gasteiger partial charge in [0, 0.05) is 23.0 Å². The van der Waals surface area contributed by atoms with Gasteiger partial charge in [0.1, 0.15) is 0 Å². The standard InChI is InChI=1S/C13H16N4O2/c1-3-10-4-5-11(6-13(10)17(18)19)14-7-12-9(2)15-8-16-12/h4-6,8,14H,3,7H2,1-2H3,(H,15,16). The summed E-state index contributed by atoms with van der Waals surface area (Å²) in [5, 5.41) is 14.1. The minimum Gasteiger partial charge on any atom is -0.379 e. The number of nitrogens with one attached hydrogen (secondary N) is 2. The van der Waals surface area contributed by atoms with E-state index < -0.39 is 0 Å². The third-order valence-corrected chi connectivity index (χ3v) is 3.06. The number of aromatic nitrogens is 2. The Balaban J connectivity index is 2.15. The van der Waals surface area contributed by atoms with Crippen LogP contribution in [0.4, 0.5) is 11.4 Å². The van der Waals surface area contributed by atoms with Crippen molar-refractivity contribution in [2.75, 3.05) is 5.32 Å². The molecule has 0 bridgehead atoms. The highest BCUT2D eigenvalue weighted by molar-refractivity contribution is 5.55. The van der Waals surface area contributed by atoms with Gasteiger partial charge in [-0.2, -0.15) is 0 Å². The highest BCUT2D eigenvalue weighted by Crippen LogP contribution is 2.24. The maximum atomic E-state index is 11.0. The molecule has 2 aromatic rings. The maximum Gasteiger partial charge on any atom is 0.274 e. The molecular weight excluding hydrogens is 244 g/mol. The summed E-state index contributed by atoms with van der Waals surface area (Å²) in [5.41, 5.74) is 3.53. The number of nitrogens with zero attached hydrogens (tertiary/aromatic N) is 2. The largest absolute Gasteiger partial charge is 0.379 e. The van der Waals surface area contributed by atoms with Crippen molar-refractivity contribution < 1.29 is 4.92 Å². The lowest BCUT2D eigenvalue weighted by atomic mass is 10.1. The van der Waals surface area contributed by atoms with Crippen molar-refractivity contribution in [3.63, 3.8) is 0 Å². The molecule has 19 heavy (non-hydrogen) atoms. The average molecular weight is 260 g/mol. The lowest BCUT2D eigenvalue weighted by Crippen LogP contribution is -2.03. The number of benzene rings is 1. The molecule has 0 atom stereocenters. The Morgan fingerprint density at radius 3 is 2.84 bits per heavy atom. The van der Waals surface area contributed by atoms with E-state index in [9.17, 15) is 10.1 Å². The lowest BCUT2D eigenvalue weighted by Gasteiger charge is -2.07. The smallest absolute Gasteiger partial charge is 0.274 e. The Labute approximate surface area is 111 Å². The molecule has 0 radical (unpaired) electrons. The van der Waals surface area contributed by atoms with Gasteiger partial charge in [0.15, 0.2) is 0 Å². The molecule has 1 aromatic carbocycles. The highest BCUT2D eigenvalue weighted by Gasteiger charge is 2.13. The van der Waals surface area contributed by atoms with Crippen molar-refractivity contribution in [1.29, 1.82) is 0 Å². The molecular formula is C13H16N4O2. The Morgan fingerprint density at radius 2 is 2.26 bits per heavy atom. The average Bonchev–Trinajstić information content (AvgIpc) is 2.81. The van der Waals surface area contributed by atoms with E-state index in [1.165, 1.54) is 0 Å². The van der Waals surface area contributed by atoms with Gasteiger partial charge in [0.25, 0.3) is 5.69 Å². The molecule has 6 nitrogen and oxygen atoms in total. The van der Waals surface area contributed by atoms with Gasteiger partial charge in [-0.15, -0.1) is 0 Å². The van der Waals surface area contributed by atoms with Gasteiger partial charge in [-0.3, -0.25) is 10.1 Å². The SMILES string of the molecule is CCc1ccc(NCc2nc[nH]c2C)cc1[N+](=O)[O-]. The molecule has 100 valence electrons. The van der Waals surface area contributed by atoms with Crippen molar-refractivity contribution in [3.8, 4) is 0 Å². The van der Waals surface area contributed by atoms with E-state index in [-0.39, 0.29) is 10.6 Å². The quantitative estimate of drug-likeness (QED) is 0.639. The summed E-state index contributed by atoms with van der Waals surface area (Å²) in [6.45, 7) is 4.38. The van der Waals surface area contributed by atoms with Crippen LogP contribution in [0.15, 0.2) is 24.5 Å². The summed E-state index contributed by atoms with van der Waals surface area (Å²) in [4.78, 5) is 17.8. The second-order valence-electron chi connectivity index (χ2n) is 4.28. The van der Waals surface area contributed by atoms with Crippen LogP contribution < -0.4 is 5.32 Å². The minimum absolute atomic E-state index is 0.159. The normalized spacial score (nSPS) is 10.4. The summed E-state index contributed by atoms with van der Waals surface area (Å²) in [6, 6.07) is 5.21. The van der Waals surface area contributed by atoms with E-state index >= 15 is 0 Å². The zero-order valence-corrected chi connectivity index (χ0v) is 10.9. The monoisotopic (exact) mass is 260 g/mol. The van der Waals surface area contributed by atoms with E-state index in [0.29, 0.717) is 13.0 Å². The summed E-state index contributed by atoms with van der Waals surface area (Å²) in [6.07, 6.45) is 2.28. The highest BCUT2D eigenvalue weighted by atomic mass is 16.6. The molecule has 0 amide bonds. The Kier molecular flexibility index (Phi) is 3.79. The Hall–Kier alpha value is -2.37. The molecule has 0 unspecified atom stereocenters. The van der Waals surface area contributed by atoms with Crippen LogP contribution in [0.2, 0.25) is 0 Å². The second kappa shape index (κ2) is 5.51. The van der Waals surface area contributed by atoms with Crippen molar-refractivity contribution in [2.45, 2.75) is 26.8 Å². The maximum absolute atomic E-state index is 11.0. The molecule has 0 spiro atoms. The molecule has 0 aliphatic rings. The molecule has 0 aliphatic carbocycles. The van der Waals surface area contributed by atoms with Gasteiger partial charge in [-0.25, -0.2) is 4.98 Å². The lowest BCUT2D eigenvalue weighted by molar-refractivity contribution is -0.385. The minimum atomic E-state index is -0.343. The van der Waals surface area contributed by atoms with Crippen LogP contribution in [-0.2, 0) is 13.0 Å². The number of nitro groups is 1. The van der Waals surface area contributed by atoms with Crippen LogP contribution in [0.5, 0.6) is 0 Å². The first-order valence-corrected chi connectivity index (χ1v) is 6.12. The van der Waals surface area contributed by atoms with E-state index in [1.807, 2.05) is 19.9 Å². The summed E-state index contributed by atoms with van der Waals surface area (Å²) in [5.74, 6) is 0. The third kappa shape index (κ3) is 2.90. The van der Waals surface area contributed by atoms with E-state index in [2.05, 4.69) is 15.3 Å². The number of rotatable bonds is 5. The number of anilines is 1. The van der Waals surface area contributed by atoms with Crippen molar-refractivity contribution in [1.82, 2.24) is 9.97 Å². The topological polar surface area (TPSA) is 83.8 Å². The fraction of sp³-hybridized carbons (Fsp3) is 0.308. The molecule has 2 N–H and O–H groups in total. The van der Waals surface area contributed by atoms with E-state index in [4.69, 9.17) is 0 Å². The number of nitro benzene ring substituents is 1. The van der Waals surface area contributed by atoms with Gasteiger partial charge in [-0.1, -0.05) is 13.0 Å². The van der Waals surface area contributed by atoms with Crippen LogP contribution in [0, 0.1) is 17.0 Å². The van der Waals surface area contributed by atoms with Crippen LogP contribution in [0.25, 0.3) is 0 Å². The van der Waals surface area contributed by atoms with Crippen LogP contribution in [-0.4, -0.2) is 14.9 Å². The number of imidazole rings is 1. The van der Waals surface area contributed by atoms with Crippen molar-refractivity contribution in [2.24, 2.45) is 0 Å². The van der Waals surface area contributed by atoms with Crippen molar-refractivity contribution >= 4 is 11.4 Å². The molecule has 0 saturated carbocycles. The first-order valence-electron chi connectivity index (χ1n) is 6.12. The predicted molar refractivity (Wildman–Crippen MR) is 73.1 cm³/mol. The van der Waals surface area contributed by atoms with Gasteiger partial charge in [0.2, 0.25) is 0 Å². The molecule has 1 heterocycles. The number of hydrogen-bond acceptors (Lipinski definition) is 4. The van der Waals surface area contributed by atoms with Gasteiger partial charge >= 0.3 is 0 Å². The van der Waals surface area contributed by atoms with E-state index in [0.717, 1.165) is 22.6 Å². The fourth-order valence-corrected chi connectivity index (χ4v) is 1.89. The first kappa shape index (κ1) is 13.1. The molecule has 6 heteroatoms. The third-order valence-electron chi connectivity index (χ3n) is 3.06. The summed E-state index contributed by atoms with van der Waals surface area (Å²) in [7, 11) is 0. The number of H-pyrrole nitrogens is 1. The first-order chi connectivity index (χ1) is 9.11. The molecule has 0 saturated heterocycles. The zero-order valence-electron chi connectivity index (χ0n) is 10.9. The van der Waals surface area contributed by atoms with E-state index in [1.54, 1.807) is 18.5 Å². The number of hydrogen-bond donors (Lipinski definition) is 2. The van der Waals surface area contributed by atoms with Gasteiger partial charge in [-0.05, 0) is 19.4 Å². The molecule has 2 rings (SSSR count). The number of aryl methyl sites for hydroxylation is 2. The Bertz CT molecular complexity index is 592. The second-order valence-corrected chi connectivity index (χ2v) is 4.28. The number of aromatic amines is 1. The van der Waals surface area contributed by atoms with Crippen LogP contribution >= 0.6 is 0 Å². The Morgan fingerprint density at radius 1 is 1.47 bits per heavy atom. The summed E-state index contributed by atoms with van der Waals surface area (Å²) >= 11 is 0. The van der Waals surface area contributed by atoms with Gasteiger partial charge in [0.05, 0.1) is 23.5 Å². The van der Waals surface area contributed by atoms with Crippen LogP contribution in [0.1, 0.15) is 23.9 Å². The fourth-order valence-electron chi connectivity index (χ4n) is 1.89. The zero-order chi connectivity index (χ0) is 13.8. The molecule has 0 aliphatic heterocycles. The predicted octanol–water partition coefficient (Wildman–Crippen LogP) is 2.80. The van der Waals surface area contributed by atoms with Gasteiger partial charge < -0.3 is 10.3 Å². The van der Waals surface area contributed by atoms with Crippen molar-refractivity contribution in [3.05, 3.63) is 51.6 Å². The van der Waals surface area contributed by atoms with Crippen LogP contribution in [0.3, 0.4) is 0 Å². The molecule has 1 aromatic heterocycles.